The zero-order valence-electron chi connectivity index (χ0n) is 15.6. The molecule has 0 aromatic carbocycles. The molecule has 2 heteroatoms. The van der Waals surface area contributed by atoms with Crippen molar-refractivity contribution in [1.29, 1.82) is 0 Å². The van der Waals surface area contributed by atoms with Crippen molar-refractivity contribution in [3.05, 3.63) is 0 Å². The van der Waals surface area contributed by atoms with E-state index >= 15 is 0 Å². The molecule has 0 unspecified atom stereocenters. The van der Waals surface area contributed by atoms with Gasteiger partial charge in [0.25, 0.3) is 0 Å². The molecule has 1 aliphatic rings. The molecule has 1 heterocycles. The van der Waals surface area contributed by atoms with E-state index in [4.69, 9.17) is 0 Å². The molecule has 1 rings (SSSR count). The van der Waals surface area contributed by atoms with Crippen LogP contribution in [0.4, 0.5) is 0 Å². The smallest absolute Gasteiger partial charge is 0.0488 e. The van der Waals surface area contributed by atoms with Crippen LogP contribution in [0, 0.1) is 23.7 Å². The standard InChI is InChI=1S/C18H40Si2/c1-15(2)9-19(10-16(3)4)13-20(14-19,11-17(5)6)12-18(7)8/h15-18H,9-14H2,1-8H3. The summed E-state index contributed by atoms with van der Waals surface area (Å²) >= 11 is 0. The number of hydrogen-bond donors (Lipinski definition) is 0. The van der Waals surface area contributed by atoms with Gasteiger partial charge in [-0.25, -0.2) is 0 Å². The fraction of sp³-hybridized carbons (Fsp3) is 1.00. The average molecular weight is 313 g/mol. The summed E-state index contributed by atoms with van der Waals surface area (Å²) < 4.78 is 0. The molecule has 20 heavy (non-hydrogen) atoms. The number of rotatable bonds is 8. The molecule has 1 saturated heterocycles. The second kappa shape index (κ2) is 7.13. The van der Waals surface area contributed by atoms with Crippen LogP contribution in [0.25, 0.3) is 0 Å². The highest BCUT2D eigenvalue weighted by Crippen LogP contribution is 2.53. The van der Waals surface area contributed by atoms with Gasteiger partial charge in [0.05, 0.1) is 0 Å². The molecular weight excluding hydrogens is 272 g/mol. The highest BCUT2D eigenvalue weighted by Gasteiger charge is 2.56. The van der Waals surface area contributed by atoms with E-state index in [-0.39, 0.29) is 0 Å². The molecule has 0 amide bonds. The Morgan fingerprint density at radius 2 is 0.700 bits per heavy atom. The lowest BCUT2D eigenvalue weighted by atomic mass is 10.3. The van der Waals surface area contributed by atoms with Gasteiger partial charge in [-0.1, -0.05) is 90.9 Å². The van der Waals surface area contributed by atoms with Gasteiger partial charge in [0, 0.05) is 16.1 Å². The third-order valence-corrected chi connectivity index (χ3v) is 23.6. The van der Waals surface area contributed by atoms with Crippen molar-refractivity contribution >= 4 is 16.1 Å². The Morgan fingerprint density at radius 3 is 0.850 bits per heavy atom. The molecule has 0 nitrogen and oxygen atoms in total. The summed E-state index contributed by atoms with van der Waals surface area (Å²) in [5.41, 5.74) is 3.57. The summed E-state index contributed by atoms with van der Waals surface area (Å²) in [6.45, 7) is 19.7. The van der Waals surface area contributed by atoms with Gasteiger partial charge < -0.3 is 0 Å². The molecule has 0 aromatic rings. The maximum absolute atomic E-state index is 2.46. The fourth-order valence-electron chi connectivity index (χ4n) is 5.75. The molecule has 120 valence electrons. The van der Waals surface area contributed by atoms with Crippen LogP contribution in [0.3, 0.4) is 0 Å². The average Bonchev–Trinajstić information content (AvgIpc) is 2.08. The Balaban J connectivity index is 2.78. The van der Waals surface area contributed by atoms with Crippen molar-refractivity contribution in [2.75, 3.05) is 0 Å². The van der Waals surface area contributed by atoms with Crippen LogP contribution in [0.1, 0.15) is 55.4 Å². The van der Waals surface area contributed by atoms with Crippen LogP contribution < -0.4 is 0 Å². The molecule has 0 atom stereocenters. The summed E-state index contributed by atoms with van der Waals surface area (Å²) in [5, 5.41) is 0. The second-order valence-electron chi connectivity index (χ2n) is 9.75. The molecule has 1 fully saturated rings. The van der Waals surface area contributed by atoms with Crippen molar-refractivity contribution in [1.82, 2.24) is 0 Å². The highest BCUT2D eigenvalue weighted by molar-refractivity contribution is 7.13. The Labute approximate surface area is 131 Å². The Bertz CT molecular complexity index is 234. The minimum absolute atomic E-state index is 0.876. The van der Waals surface area contributed by atoms with Crippen molar-refractivity contribution in [3.63, 3.8) is 0 Å². The Morgan fingerprint density at radius 1 is 0.500 bits per heavy atom. The van der Waals surface area contributed by atoms with Crippen LogP contribution in [-0.4, -0.2) is 16.1 Å². The lowest BCUT2D eigenvalue weighted by Crippen LogP contribution is -2.64. The minimum atomic E-state index is -0.876. The summed E-state index contributed by atoms with van der Waals surface area (Å²) in [5.74, 6) is 3.74. The predicted octanol–water partition coefficient (Wildman–Crippen LogP) is 6.60. The molecule has 0 bridgehead atoms. The van der Waals surface area contributed by atoms with Crippen molar-refractivity contribution in [2.45, 2.75) is 90.9 Å². The molecule has 1 aliphatic heterocycles. The van der Waals surface area contributed by atoms with Crippen molar-refractivity contribution in [3.8, 4) is 0 Å². The van der Waals surface area contributed by atoms with Gasteiger partial charge in [-0.15, -0.1) is 0 Å². The molecule has 0 spiro atoms. The third kappa shape index (κ3) is 5.33. The Kier molecular flexibility index (Phi) is 6.59. The maximum atomic E-state index is 2.46. The van der Waals surface area contributed by atoms with Crippen LogP contribution in [-0.2, 0) is 0 Å². The predicted molar refractivity (Wildman–Crippen MR) is 99.7 cm³/mol. The quantitative estimate of drug-likeness (QED) is 0.443. The third-order valence-electron chi connectivity index (χ3n) is 4.87. The van der Waals surface area contributed by atoms with Crippen LogP contribution in [0.5, 0.6) is 0 Å². The van der Waals surface area contributed by atoms with Gasteiger partial charge in [0.1, 0.15) is 0 Å². The summed E-state index contributed by atoms with van der Waals surface area (Å²) in [6, 6.07) is 6.48. The first-order valence-corrected chi connectivity index (χ1v) is 14.7. The van der Waals surface area contributed by atoms with E-state index in [0.717, 1.165) is 23.7 Å². The van der Waals surface area contributed by atoms with E-state index < -0.39 is 16.1 Å². The van der Waals surface area contributed by atoms with Crippen molar-refractivity contribution < 1.29 is 0 Å². The van der Waals surface area contributed by atoms with E-state index in [1.807, 2.05) is 0 Å². The van der Waals surface area contributed by atoms with Gasteiger partial charge in [-0.3, -0.25) is 0 Å². The van der Waals surface area contributed by atoms with Crippen LogP contribution in [0.15, 0.2) is 0 Å². The highest BCUT2D eigenvalue weighted by atomic mass is 28.5. The first kappa shape index (κ1) is 18.5. The molecule has 0 radical (unpaired) electrons. The van der Waals surface area contributed by atoms with Gasteiger partial charge in [0.2, 0.25) is 0 Å². The van der Waals surface area contributed by atoms with E-state index in [0.29, 0.717) is 0 Å². The van der Waals surface area contributed by atoms with E-state index in [2.05, 4.69) is 55.4 Å². The minimum Gasteiger partial charge on any atom is -0.0630 e. The first-order chi connectivity index (χ1) is 9.08. The largest absolute Gasteiger partial charge is 0.0630 e. The normalized spacial score (nSPS) is 21.0. The monoisotopic (exact) mass is 312 g/mol. The molecular formula is C18H40Si2. The topological polar surface area (TPSA) is 0 Å². The van der Waals surface area contributed by atoms with E-state index in [9.17, 15) is 0 Å². The fourth-order valence-corrected chi connectivity index (χ4v) is 29.9. The maximum Gasteiger partial charge on any atom is 0.0488 e. The lowest BCUT2D eigenvalue weighted by molar-refractivity contribution is 0.649. The zero-order chi connectivity index (χ0) is 15.6. The van der Waals surface area contributed by atoms with Gasteiger partial charge >= 0.3 is 0 Å². The second-order valence-corrected chi connectivity index (χ2v) is 20.2. The molecule has 0 aromatic heterocycles. The number of hydrogen-bond acceptors (Lipinski definition) is 0. The van der Waals surface area contributed by atoms with Gasteiger partial charge in [-0.05, 0) is 23.7 Å². The van der Waals surface area contributed by atoms with E-state index in [1.165, 1.54) is 0 Å². The Hall–Kier alpha value is 0.434. The molecule has 0 saturated carbocycles. The lowest BCUT2D eigenvalue weighted by Gasteiger charge is -2.57. The van der Waals surface area contributed by atoms with Crippen LogP contribution in [0.2, 0.25) is 35.5 Å². The van der Waals surface area contributed by atoms with Crippen molar-refractivity contribution in [2.24, 2.45) is 23.7 Å². The van der Waals surface area contributed by atoms with Crippen LogP contribution >= 0.6 is 0 Å². The first-order valence-electron chi connectivity index (χ1n) is 9.08. The zero-order valence-corrected chi connectivity index (χ0v) is 17.6. The summed E-state index contributed by atoms with van der Waals surface area (Å²) in [6.07, 6.45) is 0. The van der Waals surface area contributed by atoms with E-state index in [1.54, 1.807) is 35.5 Å². The summed E-state index contributed by atoms with van der Waals surface area (Å²) in [4.78, 5) is 0. The SMILES string of the molecule is CC(C)C[Si]1(CC(C)C)C[Si](CC(C)C)(CC(C)C)C1. The molecule has 0 N–H and O–H groups in total. The summed E-state index contributed by atoms with van der Waals surface area (Å²) in [7, 11) is -1.75. The van der Waals surface area contributed by atoms with Gasteiger partial charge in [-0.2, -0.15) is 0 Å². The molecule has 0 aliphatic carbocycles. The van der Waals surface area contributed by atoms with Gasteiger partial charge in [0.15, 0.2) is 0 Å².